The fourth-order valence-corrected chi connectivity index (χ4v) is 6.46. The lowest BCUT2D eigenvalue weighted by Crippen LogP contribution is -2.15. The Labute approximate surface area is 254 Å². The quantitative estimate of drug-likeness (QED) is 0.201. The Hall–Kier alpha value is -4.69. The standard InChI is InChI=1S/C41H37NO/c1-40(2,3)33-24-25-34(41(4,5)6)38-37(33)42-39(43-38)28-22-20-27(21-23-28)36-31-18-12-10-16-29(31)35(26-14-8-7-9-15-26)30-17-11-13-19-32(30)36/h7-25H,1-6H3. The van der Waals surface area contributed by atoms with Gasteiger partial charge in [0, 0.05) is 11.1 Å². The normalized spacial score (nSPS) is 12.4. The molecule has 0 N–H and O–H groups in total. The molecule has 1 heterocycles. The van der Waals surface area contributed by atoms with Gasteiger partial charge in [0.15, 0.2) is 5.58 Å². The first-order chi connectivity index (χ1) is 20.6. The van der Waals surface area contributed by atoms with E-state index in [9.17, 15) is 0 Å². The second-order valence-electron chi connectivity index (χ2n) is 13.6. The zero-order valence-electron chi connectivity index (χ0n) is 25.8. The fraction of sp³-hybridized carbons (Fsp3) is 0.195. The molecule has 6 aromatic carbocycles. The average molecular weight is 560 g/mol. The number of fused-ring (bicyclic) bond motifs is 3. The third-order valence-corrected chi connectivity index (χ3v) is 8.57. The van der Waals surface area contributed by atoms with E-state index in [0.717, 1.165) is 16.7 Å². The predicted molar refractivity (Wildman–Crippen MR) is 183 cm³/mol. The van der Waals surface area contributed by atoms with Crippen LogP contribution in [0.1, 0.15) is 52.7 Å². The highest BCUT2D eigenvalue weighted by Gasteiger charge is 2.27. The molecule has 0 bridgehead atoms. The summed E-state index contributed by atoms with van der Waals surface area (Å²) < 4.78 is 6.59. The van der Waals surface area contributed by atoms with Crippen molar-refractivity contribution in [1.29, 1.82) is 0 Å². The molecule has 0 amide bonds. The van der Waals surface area contributed by atoms with Gasteiger partial charge in [0.2, 0.25) is 5.89 Å². The van der Waals surface area contributed by atoms with Gasteiger partial charge in [0.25, 0.3) is 0 Å². The van der Waals surface area contributed by atoms with E-state index in [2.05, 4.69) is 157 Å². The minimum Gasteiger partial charge on any atom is -0.436 e. The molecule has 0 aliphatic heterocycles. The van der Waals surface area contributed by atoms with Gasteiger partial charge in [-0.3, -0.25) is 0 Å². The second kappa shape index (κ2) is 9.95. The van der Waals surface area contributed by atoms with Gasteiger partial charge in [-0.25, -0.2) is 4.98 Å². The second-order valence-corrected chi connectivity index (χ2v) is 13.6. The van der Waals surface area contributed by atoms with Crippen LogP contribution < -0.4 is 0 Å². The Morgan fingerprint density at radius 2 is 0.860 bits per heavy atom. The van der Waals surface area contributed by atoms with Crippen LogP contribution in [0, 0.1) is 0 Å². The van der Waals surface area contributed by atoms with Crippen LogP contribution in [0.3, 0.4) is 0 Å². The largest absolute Gasteiger partial charge is 0.436 e. The Bertz CT molecular complexity index is 2010. The van der Waals surface area contributed by atoms with Crippen molar-refractivity contribution in [3.8, 4) is 33.7 Å². The van der Waals surface area contributed by atoms with Gasteiger partial charge in [0.1, 0.15) is 5.52 Å². The number of hydrogen-bond acceptors (Lipinski definition) is 2. The van der Waals surface area contributed by atoms with Crippen LogP contribution in [0.25, 0.3) is 66.4 Å². The van der Waals surface area contributed by atoms with Crippen LogP contribution in [-0.2, 0) is 10.8 Å². The maximum atomic E-state index is 6.59. The zero-order valence-corrected chi connectivity index (χ0v) is 25.8. The summed E-state index contributed by atoms with van der Waals surface area (Å²) in [6.45, 7) is 13.4. The van der Waals surface area contributed by atoms with Gasteiger partial charge in [-0.05, 0) is 72.3 Å². The molecule has 0 atom stereocenters. The lowest BCUT2D eigenvalue weighted by atomic mass is 9.81. The van der Waals surface area contributed by atoms with Crippen molar-refractivity contribution in [2.24, 2.45) is 0 Å². The van der Waals surface area contributed by atoms with Crippen LogP contribution in [0.4, 0.5) is 0 Å². The Morgan fingerprint density at radius 1 is 0.442 bits per heavy atom. The highest BCUT2D eigenvalue weighted by atomic mass is 16.3. The van der Waals surface area contributed by atoms with Gasteiger partial charge in [-0.2, -0.15) is 0 Å². The average Bonchev–Trinajstić information content (AvgIpc) is 3.44. The molecule has 0 unspecified atom stereocenters. The summed E-state index contributed by atoms with van der Waals surface area (Å²) in [4.78, 5) is 5.10. The summed E-state index contributed by atoms with van der Waals surface area (Å²) in [5.41, 5.74) is 10.1. The van der Waals surface area contributed by atoms with E-state index in [0.29, 0.717) is 5.89 Å². The van der Waals surface area contributed by atoms with Crippen LogP contribution in [-0.4, -0.2) is 4.98 Å². The van der Waals surface area contributed by atoms with Crippen LogP contribution in [0.2, 0.25) is 0 Å². The smallest absolute Gasteiger partial charge is 0.227 e. The molecular formula is C41H37NO. The van der Waals surface area contributed by atoms with Gasteiger partial charge in [-0.15, -0.1) is 0 Å². The van der Waals surface area contributed by atoms with Gasteiger partial charge in [-0.1, -0.05) is 145 Å². The zero-order chi connectivity index (χ0) is 29.9. The molecule has 0 fully saturated rings. The van der Waals surface area contributed by atoms with Gasteiger partial charge >= 0.3 is 0 Å². The van der Waals surface area contributed by atoms with Crippen molar-refractivity contribution >= 4 is 32.6 Å². The summed E-state index contributed by atoms with van der Waals surface area (Å²) in [6, 6.07) is 41.5. The summed E-state index contributed by atoms with van der Waals surface area (Å²) in [6.07, 6.45) is 0. The van der Waals surface area contributed by atoms with Crippen molar-refractivity contribution in [2.45, 2.75) is 52.4 Å². The molecule has 0 aliphatic carbocycles. The molecule has 0 saturated carbocycles. The van der Waals surface area contributed by atoms with Crippen molar-refractivity contribution in [2.75, 3.05) is 0 Å². The maximum absolute atomic E-state index is 6.59. The molecule has 2 heteroatoms. The van der Waals surface area contributed by atoms with E-state index in [-0.39, 0.29) is 10.8 Å². The molecule has 212 valence electrons. The molecule has 2 nitrogen and oxygen atoms in total. The minimum absolute atomic E-state index is 0.0410. The van der Waals surface area contributed by atoms with Crippen molar-refractivity contribution in [3.05, 3.63) is 126 Å². The summed E-state index contributed by atoms with van der Waals surface area (Å²) in [5, 5.41) is 5.02. The Morgan fingerprint density at radius 3 is 1.35 bits per heavy atom. The Balaban J connectivity index is 1.41. The molecule has 0 saturated heterocycles. The van der Waals surface area contributed by atoms with Crippen LogP contribution >= 0.6 is 0 Å². The molecular weight excluding hydrogens is 522 g/mol. The van der Waals surface area contributed by atoms with E-state index in [1.165, 1.54) is 54.9 Å². The predicted octanol–water partition coefficient (Wildman–Crippen LogP) is 11.7. The highest BCUT2D eigenvalue weighted by Crippen LogP contribution is 2.44. The number of hydrogen-bond donors (Lipinski definition) is 0. The van der Waals surface area contributed by atoms with E-state index < -0.39 is 0 Å². The molecule has 0 aliphatic rings. The van der Waals surface area contributed by atoms with Crippen molar-refractivity contribution in [3.63, 3.8) is 0 Å². The molecule has 43 heavy (non-hydrogen) atoms. The summed E-state index contributed by atoms with van der Waals surface area (Å²) in [5.74, 6) is 0.665. The lowest BCUT2D eigenvalue weighted by molar-refractivity contribution is 0.558. The Kier molecular flexibility index (Phi) is 6.29. The number of nitrogens with zero attached hydrogens (tertiary/aromatic N) is 1. The van der Waals surface area contributed by atoms with Crippen molar-refractivity contribution < 1.29 is 4.42 Å². The van der Waals surface area contributed by atoms with E-state index in [1.807, 2.05) is 0 Å². The molecule has 7 aromatic rings. The third kappa shape index (κ3) is 4.62. The monoisotopic (exact) mass is 559 g/mol. The highest BCUT2D eigenvalue weighted by molar-refractivity contribution is 6.21. The van der Waals surface area contributed by atoms with Crippen LogP contribution in [0.5, 0.6) is 0 Å². The van der Waals surface area contributed by atoms with E-state index >= 15 is 0 Å². The summed E-state index contributed by atoms with van der Waals surface area (Å²) in [7, 11) is 0. The van der Waals surface area contributed by atoms with Crippen LogP contribution in [0.15, 0.2) is 120 Å². The topological polar surface area (TPSA) is 26.0 Å². The van der Waals surface area contributed by atoms with Crippen molar-refractivity contribution in [1.82, 2.24) is 4.98 Å². The maximum Gasteiger partial charge on any atom is 0.227 e. The number of oxazole rings is 1. The number of aromatic nitrogens is 1. The third-order valence-electron chi connectivity index (χ3n) is 8.57. The number of benzene rings is 6. The number of rotatable bonds is 3. The van der Waals surface area contributed by atoms with E-state index in [4.69, 9.17) is 9.40 Å². The SMILES string of the molecule is CC(C)(C)c1ccc(C(C)(C)C)c2oc(-c3ccc(-c4c5ccccc5c(-c5ccccc5)c5ccccc45)cc3)nc12. The molecule has 1 aromatic heterocycles. The molecule has 0 spiro atoms. The lowest BCUT2D eigenvalue weighted by Gasteiger charge is -2.23. The first-order valence-corrected chi connectivity index (χ1v) is 15.2. The first kappa shape index (κ1) is 27.2. The van der Waals surface area contributed by atoms with E-state index in [1.54, 1.807) is 0 Å². The van der Waals surface area contributed by atoms with Gasteiger partial charge < -0.3 is 4.42 Å². The molecule has 7 rings (SSSR count). The molecule has 0 radical (unpaired) electrons. The first-order valence-electron chi connectivity index (χ1n) is 15.2. The minimum atomic E-state index is -0.0522. The summed E-state index contributed by atoms with van der Waals surface area (Å²) >= 11 is 0. The van der Waals surface area contributed by atoms with Gasteiger partial charge in [0.05, 0.1) is 0 Å². The fourth-order valence-electron chi connectivity index (χ4n) is 6.46.